The highest BCUT2D eigenvalue weighted by Gasteiger charge is 2.21. The van der Waals surface area contributed by atoms with Gasteiger partial charge in [0.15, 0.2) is 5.69 Å². The van der Waals surface area contributed by atoms with E-state index in [9.17, 15) is 4.79 Å². The summed E-state index contributed by atoms with van der Waals surface area (Å²) >= 11 is 5.94. The number of anilines is 1. The summed E-state index contributed by atoms with van der Waals surface area (Å²) in [5.41, 5.74) is 0.858. The van der Waals surface area contributed by atoms with Crippen LogP contribution in [0.2, 0.25) is 5.02 Å². The fraction of sp³-hybridized carbons (Fsp3) is 0.308. The van der Waals surface area contributed by atoms with Crippen LogP contribution in [0.15, 0.2) is 24.4 Å². The van der Waals surface area contributed by atoms with Crippen molar-refractivity contribution in [1.82, 2.24) is 20.3 Å². The highest BCUT2D eigenvalue weighted by molar-refractivity contribution is 6.32. The third-order valence-electron chi connectivity index (χ3n) is 3.29. The number of carbonyl (C=O) groups is 1. The van der Waals surface area contributed by atoms with E-state index in [-0.39, 0.29) is 17.6 Å². The number of carbonyl (C=O) groups excluding carboxylic acids is 1. The van der Waals surface area contributed by atoms with Gasteiger partial charge in [-0.05, 0) is 12.1 Å². The molecule has 1 aliphatic rings. The van der Waals surface area contributed by atoms with Crippen LogP contribution < -0.4 is 15.4 Å². The van der Waals surface area contributed by atoms with E-state index in [1.165, 1.54) is 7.11 Å². The van der Waals surface area contributed by atoms with Gasteiger partial charge >= 0.3 is 0 Å². The molecule has 1 aromatic carbocycles. The number of hydrogen-bond acceptors (Lipinski definition) is 5. The van der Waals surface area contributed by atoms with E-state index >= 15 is 0 Å². The molecule has 7 nitrogen and oxygen atoms in total. The lowest BCUT2D eigenvalue weighted by Crippen LogP contribution is -2.43. The molecule has 1 aliphatic heterocycles. The van der Waals surface area contributed by atoms with Crippen molar-refractivity contribution < 1.29 is 9.53 Å². The molecule has 8 heteroatoms. The van der Waals surface area contributed by atoms with Crippen LogP contribution in [-0.2, 0) is 0 Å². The van der Waals surface area contributed by atoms with Gasteiger partial charge < -0.3 is 15.4 Å². The van der Waals surface area contributed by atoms with Gasteiger partial charge in [0.25, 0.3) is 5.91 Å². The van der Waals surface area contributed by atoms with E-state index in [0.717, 1.165) is 13.1 Å². The largest absolute Gasteiger partial charge is 0.495 e. The summed E-state index contributed by atoms with van der Waals surface area (Å²) in [7, 11) is 1.52. The maximum atomic E-state index is 12.1. The predicted molar refractivity (Wildman–Crippen MR) is 77.9 cm³/mol. The number of amides is 1. The fourth-order valence-electron chi connectivity index (χ4n) is 1.95. The maximum Gasteiger partial charge on any atom is 0.277 e. The second-order valence-corrected chi connectivity index (χ2v) is 5.11. The molecule has 0 bridgehead atoms. The zero-order chi connectivity index (χ0) is 14.8. The summed E-state index contributed by atoms with van der Waals surface area (Å²) in [6, 6.07) is 5.28. The first-order chi connectivity index (χ1) is 10.2. The molecule has 0 atom stereocenters. The van der Waals surface area contributed by atoms with Crippen LogP contribution >= 0.6 is 11.6 Å². The Morgan fingerprint density at radius 2 is 2.33 bits per heavy atom. The predicted octanol–water partition coefficient (Wildman–Crippen LogP) is 1.34. The van der Waals surface area contributed by atoms with Gasteiger partial charge in [-0.15, -0.1) is 5.10 Å². The zero-order valence-electron chi connectivity index (χ0n) is 11.3. The number of benzene rings is 1. The SMILES string of the molecule is COc1cc(NC(=O)c2cn(C3CNC3)nn2)ccc1Cl. The number of rotatable bonds is 4. The van der Waals surface area contributed by atoms with Gasteiger partial charge in [-0.3, -0.25) is 4.79 Å². The van der Waals surface area contributed by atoms with Crippen molar-refractivity contribution in [1.29, 1.82) is 0 Å². The molecule has 2 heterocycles. The van der Waals surface area contributed by atoms with Gasteiger partial charge in [-0.2, -0.15) is 0 Å². The van der Waals surface area contributed by atoms with Gasteiger partial charge in [0.1, 0.15) is 5.75 Å². The summed E-state index contributed by atoms with van der Waals surface area (Å²) in [5.74, 6) is 0.177. The fourth-order valence-corrected chi connectivity index (χ4v) is 2.15. The average Bonchev–Trinajstić information content (AvgIpc) is 2.88. The monoisotopic (exact) mass is 307 g/mol. The summed E-state index contributed by atoms with van der Waals surface area (Å²) in [6.45, 7) is 1.69. The first kappa shape index (κ1) is 13.8. The molecule has 1 fully saturated rings. The number of hydrogen-bond donors (Lipinski definition) is 2. The van der Waals surface area contributed by atoms with E-state index in [0.29, 0.717) is 16.5 Å². The van der Waals surface area contributed by atoms with E-state index in [4.69, 9.17) is 16.3 Å². The Bertz CT molecular complexity index is 668. The Morgan fingerprint density at radius 1 is 1.52 bits per heavy atom. The van der Waals surface area contributed by atoms with Gasteiger partial charge in [-0.25, -0.2) is 4.68 Å². The van der Waals surface area contributed by atoms with Gasteiger partial charge in [0, 0.05) is 24.8 Å². The van der Waals surface area contributed by atoms with Gasteiger partial charge in [0.05, 0.1) is 24.4 Å². The highest BCUT2D eigenvalue weighted by Crippen LogP contribution is 2.27. The second-order valence-electron chi connectivity index (χ2n) is 4.70. The number of nitrogens with zero attached hydrogens (tertiary/aromatic N) is 3. The topological polar surface area (TPSA) is 81.1 Å². The standard InChI is InChI=1S/C13H14ClN5O2/c1-21-12-4-8(2-3-10(12)14)16-13(20)11-7-19(18-17-11)9-5-15-6-9/h2-4,7,9,15H,5-6H2,1H3,(H,16,20). The van der Waals surface area contributed by atoms with Crippen LogP contribution in [0.4, 0.5) is 5.69 Å². The van der Waals surface area contributed by atoms with Crippen LogP contribution in [0, 0.1) is 0 Å². The van der Waals surface area contributed by atoms with Crippen molar-refractivity contribution in [2.75, 3.05) is 25.5 Å². The molecule has 1 saturated heterocycles. The van der Waals surface area contributed by atoms with Crippen LogP contribution in [0.1, 0.15) is 16.5 Å². The first-order valence-corrected chi connectivity index (χ1v) is 6.82. The first-order valence-electron chi connectivity index (χ1n) is 6.45. The van der Waals surface area contributed by atoms with E-state index in [2.05, 4.69) is 20.9 Å². The Morgan fingerprint density at radius 3 is 3.00 bits per heavy atom. The average molecular weight is 308 g/mol. The molecule has 0 aliphatic carbocycles. The van der Waals surface area contributed by atoms with Gasteiger partial charge in [0.2, 0.25) is 0 Å². The van der Waals surface area contributed by atoms with Crippen molar-refractivity contribution in [2.45, 2.75) is 6.04 Å². The molecule has 0 unspecified atom stereocenters. The lowest BCUT2D eigenvalue weighted by Gasteiger charge is -2.26. The van der Waals surface area contributed by atoms with Crippen LogP contribution in [0.5, 0.6) is 5.75 Å². The number of aromatic nitrogens is 3. The molecule has 21 heavy (non-hydrogen) atoms. The Balaban J connectivity index is 1.72. The number of methoxy groups -OCH3 is 1. The van der Waals surface area contributed by atoms with Crippen LogP contribution in [0.25, 0.3) is 0 Å². The third-order valence-corrected chi connectivity index (χ3v) is 3.60. The molecule has 3 rings (SSSR count). The Hall–Kier alpha value is -2.12. The summed E-state index contributed by atoms with van der Waals surface area (Å²) in [4.78, 5) is 12.1. The van der Waals surface area contributed by atoms with Crippen LogP contribution in [-0.4, -0.2) is 41.1 Å². The van der Waals surface area contributed by atoms with E-state index < -0.39 is 0 Å². The second kappa shape index (κ2) is 5.71. The van der Waals surface area contributed by atoms with Crippen molar-refractivity contribution in [3.05, 3.63) is 35.1 Å². The lowest BCUT2D eigenvalue weighted by atomic mass is 10.2. The summed E-state index contributed by atoms with van der Waals surface area (Å²) < 4.78 is 6.81. The minimum Gasteiger partial charge on any atom is -0.495 e. The smallest absolute Gasteiger partial charge is 0.277 e. The van der Waals surface area contributed by atoms with E-state index in [1.807, 2.05) is 0 Å². The molecule has 110 valence electrons. The minimum absolute atomic E-state index is 0.273. The maximum absolute atomic E-state index is 12.1. The lowest BCUT2D eigenvalue weighted by molar-refractivity contribution is 0.102. The zero-order valence-corrected chi connectivity index (χ0v) is 12.1. The Labute approximate surface area is 126 Å². The molecule has 2 N–H and O–H groups in total. The number of nitrogens with one attached hydrogen (secondary N) is 2. The van der Waals surface area contributed by atoms with Gasteiger partial charge in [-0.1, -0.05) is 16.8 Å². The molecular weight excluding hydrogens is 294 g/mol. The van der Waals surface area contributed by atoms with Crippen molar-refractivity contribution in [3.8, 4) is 5.75 Å². The molecule has 1 aromatic heterocycles. The molecule has 1 amide bonds. The molecule has 0 spiro atoms. The molecule has 0 saturated carbocycles. The van der Waals surface area contributed by atoms with Crippen molar-refractivity contribution in [2.24, 2.45) is 0 Å². The van der Waals surface area contributed by atoms with Crippen molar-refractivity contribution in [3.63, 3.8) is 0 Å². The molecular formula is C13H14ClN5O2. The number of halogens is 1. The summed E-state index contributed by atoms with van der Waals surface area (Å²) in [6.07, 6.45) is 1.65. The summed E-state index contributed by atoms with van der Waals surface area (Å²) in [5, 5.41) is 14.2. The normalized spacial score (nSPS) is 14.6. The number of ether oxygens (including phenoxy) is 1. The van der Waals surface area contributed by atoms with Crippen molar-refractivity contribution >= 4 is 23.2 Å². The third kappa shape index (κ3) is 2.84. The molecule has 0 radical (unpaired) electrons. The van der Waals surface area contributed by atoms with E-state index in [1.54, 1.807) is 29.1 Å². The quantitative estimate of drug-likeness (QED) is 0.891. The molecule has 2 aromatic rings. The minimum atomic E-state index is -0.321. The Kier molecular flexibility index (Phi) is 3.76. The highest BCUT2D eigenvalue weighted by atomic mass is 35.5. The van der Waals surface area contributed by atoms with Crippen LogP contribution in [0.3, 0.4) is 0 Å².